The van der Waals surface area contributed by atoms with Crippen molar-refractivity contribution >= 4 is 5.97 Å². The van der Waals surface area contributed by atoms with Crippen LogP contribution in [0.25, 0.3) is 0 Å². The van der Waals surface area contributed by atoms with E-state index in [-0.39, 0.29) is 6.54 Å². The highest BCUT2D eigenvalue weighted by Gasteiger charge is 2.47. The zero-order valence-electron chi connectivity index (χ0n) is 9.41. The van der Waals surface area contributed by atoms with Crippen molar-refractivity contribution in [3.8, 4) is 0 Å². The van der Waals surface area contributed by atoms with Gasteiger partial charge in [0.1, 0.15) is 5.60 Å². The summed E-state index contributed by atoms with van der Waals surface area (Å²) in [6.07, 6.45) is -0.718. The number of hydrogen-bond donors (Lipinski definition) is 3. The number of carbonyl (C=O) groups is 1. The molecule has 1 heterocycles. The Morgan fingerprint density at radius 3 is 2.60 bits per heavy atom. The summed E-state index contributed by atoms with van der Waals surface area (Å²) in [4.78, 5) is 11.7. The van der Waals surface area contributed by atoms with Crippen LogP contribution in [-0.4, -0.2) is 46.6 Å². The van der Waals surface area contributed by atoms with Gasteiger partial charge in [-0.05, 0) is 33.7 Å². The van der Waals surface area contributed by atoms with Crippen LogP contribution in [0.3, 0.4) is 0 Å². The van der Waals surface area contributed by atoms with E-state index < -0.39 is 23.3 Å². The first-order valence-electron chi connectivity index (χ1n) is 5.10. The number of rotatable bonds is 1. The monoisotopic (exact) mass is 217 g/mol. The Morgan fingerprint density at radius 1 is 1.53 bits per heavy atom. The fourth-order valence-corrected chi connectivity index (χ4v) is 1.45. The molecule has 0 amide bonds. The summed E-state index contributed by atoms with van der Waals surface area (Å²) in [6, 6.07) is 0. The van der Waals surface area contributed by atoms with Crippen molar-refractivity contribution in [2.24, 2.45) is 0 Å². The van der Waals surface area contributed by atoms with Crippen LogP contribution in [0.1, 0.15) is 27.2 Å². The molecule has 1 aliphatic rings. The maximum absolute atomic E-state index is 11.7. The van der Waals surface area contributed by atoms with Crippen LogP contribution in [0.4, 0.5) is 0 Å². The molecule has 0 bridgehead atoms. The molecule has 2 atom stereocenters. The molecule has 88 valence electrons. The minimum absolute atomic E-state index is 0.0308. The first-order valence-corrected chi connectivity index (χ1v) is 5.10. The number of aliphatic hydroxyl groups is 2. The largest absolute Gasteiger partial charge is 0.458 e. The summed E-state index contributed by atoms with van der Waals surface area (Å²) >= 11 is 0. The number of esters is 1. The van der Waals surface area contributed by atoms with E-state index in [1.807, 2.05) is 0 Å². The van der Waals surface area contributed by atoms with Gasteiger partial charge < -0.3 is 20.3 Å². The minimum atomic E-state index is -1.81. The second-order valence-corrected chi connectivity index (χ2v) is 4.91. The quantitative estimate of drug-likeness (QED) is 0.512. The lowest BCUT2D eigenvalue weighted by Crippen LogP contribution is -2.61. The van der Waals surface area contributed by atoms with Gasteiger partial charge in [-0.3, -0.25) is 0 Å². The molecule has 0 radical (unpaired) electrons. The summed E-state index contributed by atoms with van der Waals surface area (Å²) in [5.74, 6) is -0.769. The summed E-state index contributed by atoms with van der Waals surface area (Å²) in [5, 5.41) is 22.5. The van der Waals surface area contributed by atoms with Gasteiger partial charge in [0.25, 0.3) is 0 Å². The van der Waals surface area contributed by atoms with E-state index in [9.17, 15) is 15.0 Å². The number of hydrogen-bond acceptors (Lipinski definition) is 5. The molecule has 1 aliphatic heterocycles. The third kappa shape index (κ3) is 2.90. The van der Waals surface area contributed by atoms with Crippen molar-refractivity contribution in [3.05, 3.63) is 0 Å². The molecule has 15 heavy (non-hydrogen) atoms. The maximum Gasteiger partial charge on any atom is 0.342 e. The normalized spacial score (nSPS) is 32.5. The number of ether oxygens (including phenoxy) is 1. The van der Waals surface area contributed by atoms with Crippen molar-refractivity contribution < 1.29 is 19.7 Å². The lowest BCUT2D eigenvalue weighted by atomic mass is 9.91. The summed E-state index contributed by atoms with van der Waals surface area (Å²) in [6.45, 7) is 5.78. The Bertz CT molecular complexity index is 248. The molecule has 0 aromatic carbocycles. The molecule has 1 fully saturated rings. The zero-order valence-corrected chi connectivity index (χ0v) is 9.41. The predicted octanol–water partition coefficient (Wildman–Crippen LogP) is -0.587. The van der Waals surface area contributed by atoms with Gasteiger partial charge in [0.15, 0.2) is 0 Å². The van der Waals surface area contributed by atoms with E-state index in [2.05, 4.69) is 5.32 Å². The third-order valence-electron chi connectivity index (χ3n) is 2.29. The molecule has 3 N–H and O–H groups in total. The van der Waals surface area contributed by atoms with E-state index >= 15 is 0 Å². The molecule has 5 heteroatoms. The van der Waals surface area contributed by atoms with Crippen LogP contribution < -0.4 is 5.32 Å². The molecule has 0 spiro atoms. The van der Waals surface area contributed by atoms with Gasteiger partial charge in [0.05, 0.1) is 6.10 Å². The minimum Gasteiger partial charge on any atom is -0.458 e. The molecule has 5 nitrogen and oxygen atoms in total. The summed E-state index contributed by atoms with van der Waals surface area (Å²) in [5.41, 5.74) is -2.48. The fourth-order valence-electron chi connectivity index (χ4n) is 1.45. The van der Waals surface area contributed by atoms with E-state index in [4.69, 9.17) is 4.74 Å². The lowest BCUT2D eigenvalue weighted by molar-refractivity contribution is -0.191. The molecule has 1 rings (SSSR count). The second kappa shape index (κ2) is 4.08. The highest BCUT2D eigenvalue weighted by Crippen LogP contribution is 2.21. The molecule has 1 saturated heterocycles. The standard InChI is InChI=1S/C10H19NO4/c1-9(2,3)15-8(13)10(14)6-11-5-4-7(10)12/h7,11-12,14H,4-6H2,1-3H3/t7-,10+/m0/s1. The van der Waals surface area contributed by atoms with Gasteiger partial charge in [-0.25, -0.2) is 4.79 Å². The number of aliphatic hydroxyl groups excluding tert-OH is 1. The number of β-amino-alcohol motifs (C(OH)–C–C–N with tert-alkyl or cyclic N) is 1. The molecule has 0 aromatic heterocycles. The molecular weight excluding hydrogens is 198 g/mol. The van der Waals surface area contributed by atoms with Crippen molar-refractivity contribution in [1.82, 2.24) is 5.32 Å². The predicted molar refractivity (Wildman–Crippen MR) is 54.3 cm³/mol. The highest BCUT2D eigenvalue weighted by atomic mass is 16.6. The van der Waals surface area contributed by atoms with Crippen LogP contribution in [0.5, 0.6) is 0 Å². The van der Waals surface area contributed by atoms with Crippen molar-refractivity contribution in [2.75, 3.05) is 13.1 Å². The van der Waals surface area contributed by atoms with Gasteiger partial charge >= 0.3 is 5.97 Å². The van der Waals surface area contributed by atoms with E-state index in [1.54, 1.807) is 20.8 Å². The highest BCUT2D eigenvalue weighted by molar-refractivity contribution is 5.81. The van der Waals surface area contributed by atoms with Gasteiger partial charge in [-0.15, -0.1) is 0 Å². The average molecular weight is 217 g/mol. The number of piperidine rings is 1. The van der Waals surface area contributed by atoms with Crippen LogP contribution in [0.15, 0.2) is 0 Å². The van der Waals surface area contributed by atoms with Crippen LogP contribution in [0, 0.1) is 0 Å². The van der Waals surface area contributed by atoms with Gasteiger partial charge in [-0.2, -0.15) is 0 Å². The van der Waals surface area contributed by atoms with Crippen LogP contribution in [-0.2, 0) is 9.53 Å². The van der Waals surface area contributed by atoms with Crippen molar-refractivity contribution in [1.29, 1.82) is 0 Å². The Kier molecular flexibility index (Phi) is 3.38. The average Bonchev–Trinajstić information content (AvgIpc) is 2.07. The third-order valence-corrected chi connectivity index (χ3v) is 2.29. The first kappa shape index (κ1) is 12.4. The summed E-state index contributed by atoms with van der Waals surface area (Å²) < 4.78 is 5.06. The number of nitrogens with one attached hydrogen (secondary N) is 1. The van der Waals surface area contributed by atoms with E-state index in [0.717, 1.165) is 0 Å². The fraction of sp³-hybridized carbons (Fsp3) is 0.900. The first-order chi connectivity index (χ1) is 6.76. The molecule has 0 aliphatic carbocycles. The van der Waals surface area contributed by atoms with Crippen LogP contribution >= 0.6 is 0 Å². The zero-order chi connectivity index (χ0) is 11.7. The second-order valence-electron chi connectivity index (χ2n) is 4.91. The van der Waals surface area contributed by atoms with E-state index in [0.29, 0.717) is 13.0 Å². The molecule has 0 saturated carbocycles. The topological polar surface area (TPSA) is 78.8 Å². The van der Waals surface area contributed by atoms with E-state index in [1.165, 1.54) is 0 Å². The SMILES string of the molecule is CC(C)(C)OC(=O)[C@@]1(O)CNCC[C@@H]1O. The molecule has 0 aromatic rings. The smallest absolute Gasteiger partial charge is 0.342 e. The van der Waals surface area contributed by atoms with Crippen LogP contribution in [0.2, 0.25) is 0 Å². The maximum atomic E-state index is 11.7. The summed E-state index contributed by atoms with van der Waals surface area (Å²) in [7, 11) is 0. The molecular formula is C10H19NO4. The Balaban J connectivity index is 2.71. The van der Waals surface area contributed by atoms with Gasteiger partial charge in [0, 0.05) is 6.54 Å². The van der Waals surface area contributed by atoms with Crippen molar-refractivity contribution in [2.45, 2.75) is 44.5 Å². The van der Waals surface area contributed by atoms with Crippen molar-refractivity contribution in [3.63, 3.8) is 0 Å². The molecule has 0 unspecified atom stereocenters. The van der Waals surface area contributed by atoms with Gasteiger partial charge in [0.2, 0.25) is 5.60 Å². The Hall–Kier alpha value is -0.650. The Labute approximate surface area is 89.4 Å². The van der Waals surface area contributed by atoms with Gasteiger partial charge in [-0.1, -0.05) is 0 Å². The number of carbonyl (C=O) groups excluding carboxylic acids is 1. The lowest BCUT2D eigenvalue weighted by Gasteiger charge is -2.36. The Morgan fingerprint density at radius 2 is 2.13 bits per heavy atom.